The van der Waals surface area contributed by atoms with Crippen LogP contribution in [0, 0.1) is 0 Å². The van der Waals surface area contributed by atoms with Gasteiger partial charge in [-0.25, -0.2) is 4.79 Å². The molecule has 1 aliphatic heterocycles. The van der Waals surface area contributed by atoms with Crippen molar-refractivity contribution in [1.82, 2.24) is 10.6 Å². The van der Waals surface area contributed by atoms with Crippen LogP contribution in [0.1, 0.15) is 33.2 Å². The minimum absolute atomic E-state index is 0. The van der Waals surface area contributed by atoms with Crippen LogP contribution in [-0.4, -0.2) is 63.6 Å². The predicted octanol–water partition coefficient (Wildman–Crippen LogP) is 3.93. The minimum atomic E-state index is -1.08. The second kappa shape index (κ2) is 14.3. The van der Waals surface area contributed by atoms with Gasteiger partial charge < -0.3 is 35.6 Å². The van der Waals surface area contributed by atoms with E-state index in [-0.39, 0.29) is 37.3 Å². The molecule has 12 heteroatoms. The zero-order valence-electron chi connectivity index (χ0n) is 25.9. The average Bonchev–Trinajstić information content (AvgIpc) is 3.18. The van der Waals surface area contributed by atoms with Gasteiger partial charge in [0.05, 0.1) is 50.3 Å². The smallest absolute Gasteiger partial charge is 0.337 e. The van der Waals surface area contributed by atoms with Crippen molar-refractivity contribution >= 4 is 63.9 Å². The summed E-state index contributed by atoms with van der Waals surface area (Å²) in [6.07, 6.45) is 0. The number of nitrogens with two attached hydrogens (primary N) is 1. The van der Waals surface area contributed by atoms with Crippen LogP contribution < -0.4 is 30.9 Å². The number of ether oxygens (including phenoxy) is 2. The van der Waals surface area contributed by atoms with Gasteiger partial charge >= 0.3 is 5.97 Å². The van der Waals surface area contributed by atoms with Crippen LogP contribution in [0.2, 0.25) is 0 Å². The molecule has 0 unspecified atom stereocenters. The van der Waals surface area contributed by atoms with Gasteiger partial charge in [0.15, 0.2) is 0 Å². The highest BCUT2D eigenvalue weighted by atomic mass is 35.5. The van der Waals surface area contributed by atoms with E-state index < -0.39 is 24.0 Å². The Labute approximate surface area is 273 Å². The Morgan fingerprint density at radius 2 is 1.63 bits per heavy atom. The minimum Gasteiger partial charge on any atom is -0.496 e. The zero-order valence-corrected chi connectivity index (χ0v) is 26.7. The Kier molecular flexibility index (Phi) is 10.5. The standard InChI is InChI=1S/C34H35N5O6.ClH/c1-20(36-2)31(40)37-27-19-39(32(41)21-9-13-24(35)14-10-21)29-8-6-5-7-28(29)38(33(27)42)18-26-25-15-11-23(34(43)45-4)17-22(25)12-16-30(26)44-3;/h5-17,20,27,36H,18-19,35H2,1-4H3,(H,37,40);1H/t20-,27-;/m0./s1. The van der Waals surface area contributed by atoms with Gasteiger partial charge in [-0.2, -0.15) is 0 Å². The fourth-order valence-electron chi connectivity index (χ4n) is 5.39. The van der Waals surface area contributed by atoms with Crippen molar-refractivity contribution in [1.29, 1.82) is 0 Å². The molecule has 240 valence electrons. The molecule has 2 atom stereocenters. The van der Waals surface area contributed by atoms with Gasteiger partial charge in [0.25, 0.3) is 11.8 Å². The molecule has 0 saturated heterocycles. The number of halogens is 1. The molecular formula is C34H36ClN5O6. The molecule has 4 aromatic carbocycles. The van der Waals surface area contributed by atoms with Gasteiger partial charge in [0.1, 0.15) is 11.8 Å². The largest absolute Gasteiger partial charge is 0.496 e. The Hall–Kier alpha value is -5.13. The van der Waals surface area contributed by atoms with E-state index in [1.807, 2.05) is 6.07 Å². The zero-order chi connectivity index (χ0) is 32.2. The molecule has 0 spiro atoms. The molecule has 0 bridgehead atoms. The maximum Gasteiger partial charge on any atom is 0.337 e. The number of anilines is 3. The van der Waals surface area contributed by atoms with E-state index in [2.05, 4.69) is 10.6 Å². The molecule has 1 heterocycles. The summed E-state index contributed by atoms with van der Waals surface area (Å²) in [7, 11) is 4.51. The number of para-hydroxylation sites is 2. The van der Waals surface area contributed by atoms with E-state index >= 15 is 0 Å². The summed E-state index contributed by atoms with van der Waals surface area (Å²) in [5, 5.41) is 7.26. The summed E-state index contributed by atoms with van der Waals surface area (Å²) in [6, 6.07) is 20.8. The number of benzene rings is 4. The first-order valence-electron chi connectivity index (χ1n) is 14.4. The summed E-state index contributed by atoms with van der Waals surface area (Å²) in [5.74, 6) is -1.08. The van der Waals surface area contributed by atoms with Crippen molar-refractivity contribution in [2.24, 2.45) is 0 Å². The molecule has 4 N–H and O–H groups in total. The van der Waals surface area contributed by atoms with Gasteiger partial charge in [0, 0.05) is 16.8 Å². The molecule has 1 aliphatic rings. The molecule has 0 aliphatic carbocycles. The Morgan fingerprint density at radius 1 is 0.957 bits per heavy atom. The third kappa shape index (κ3) is 6.60. The number of nitrogen functional groups attached to an aromatic ring is 1. The number of hydrogen-bond donors (Lipinski definition) is 3. The normalized spacial score (nSPS) is 14.9. The van der Waals surface area contributed by atoms with E-state index in [1.165, 1.54) is 12.0 Å². The van der Waals surface area contributed by atoms with Crippen molar-refractivity contribution in [3.63, 3.8) is 0 Å². The topological polar surface area (TPSA) is 143 Å². The second-order valence-corrected chi connectivity index (χ2v) is 10.7. The number of hydrogen-bond acceptors (Lipinski definition) is 8. The van der Waals surface area contributed by atoms with Crippen LogP contribution in [0.3, 0.4) is 0 Å². The first kappa shape index (κ1) is 33.8. The highest BCUT2D eigenvalue weighted by Crippen LogP contribution is 2.38. The second-order valence-electron chi connectivity index (χ2n) is 10.7. The van der Waals surface area contributed by atoms with Gasteiger partial charge in [-0.3, -0.25) is 14.4 Å². The highest BCUT2D eigenvalue weighted by Gasteiger charge is 2.38. The fraction of sp³-hybridized carbons (Fsp3) is 0.235. The summed E-state index contributed by atoms with van der Waals surface area (Å²) in [4.78, 5) is 56.8. The predicted molar refractivity (Wildman–Crippen MR) is 180 cm³/mol. The van der Waals surface area contributed by atoms with Crippen molar-refractivity contribution in [3.8, 4) is 5.75 Å². The summed E-state index contributed by atoms with van der Waals surface area (Å²) in [6.45, 7) is 1.63. The van der Waals surface area contributed by atoms with E-state index in [1.54, 1.807) is 98.8 Å². The lowest BCUT2D eigenvalue weighted by Crippen LogP contribution is -2.55. The van der Waals surface area contributed by atoms with Crippen molar-refractivity contribution in [3.05, 3.63) is 95.6 Å². The first-order valence-corrected chi connectivity index (χ1v) is 14.4. The van der Waals surface area contributed by atoms with Gasteiger partial charge in [-0.1, -0.05) is 24.3 Å². The van der Waals surface area contributed by atoms with E-state index in [9.17, 15) is 19.2 Å². The van der Waals surface area contributed by atoms with Gasteiger partial charge in [-0.05, 0) is 79.3 Å². The van der Waals surface area contributed by atoms with Crippen LogP contribution in [0.15, 0.2) is 78.9 Å². The number of nitrogens with one attached hydrogen (secondary N) is 2. The number of carbonyl (C=O) groups is 4. The Balaban J connectivity index is 0.00000480. The number of methoxy groups -OCH3 is 2. The number of likely N-dealkylation sites (N-methyl/N-ethyl adjacent to an activating group) is 1. The summed E-state index contributed by atoms with van der Waals surface area (Å²) >= 11 is 0. The lowest BCUT2D eigenvalue weighted by molar-refractivity contribution is -0.128. The van der Waals surface area contributed by atoms with Crippen LogP contribution in [-0.2, 0) is 20.9 Å². The monoisotopic (exact) mass is 645 g/mol. The lowest BCUT2D eigenvalue weighted by atomic mass is 10.00. The molecule has 0 aromatic heterocycles. The molecule has 0 fully saturated rings. The van der Waals surface area contributed by atoms with Crippen LogP contribution in [0.4, 0.5) is 17.1 Å². The third-order valence-electron chi connectivity index (χ3n) is 7.98. The molecule has 0 radical (unpaired) electrons. The van der Waals surface area contributed by atoms with Crippen LogP contribution in [0.5, 0.6) is 5.75 Å². The van der Waals surface area contributed by atoms with E-state index in [4.69, 9.17) is 15.2 Å². The number of rotatable bonds is 8. The Bertz CT molecular complexity index is 1780. The third-order valence-corrected chi connectivity index (χ3v) is 7.98. The molecular weight excluding hydrogens is 610 g/mol. The SMILES string of the molecule is CN[C@@H](C)C(=O)N[C@H]1CN(C(=O)c2ccc(N)cc2)c2ccccc2N(Cc2c(OC)ccc3cc(C(=O)OC)ccc23)C1=O.Cl. The number of amides is 3. The molecule has 46 heavy (non-hydrogen) atoms. The molecule has 5 rings (SSSR count). The number of nitrogens with zero attached hydrogens (tertiary/aromatic N) is 2. The van der Waals surface area contributed by atoms with Crippen molar-refractivity contribution in [2.45, 2.75) is 25.6 Å². The molecule has 0 saturated carbocycles. The number of carbonyl (C=O) groups excluding carboxylic acids is 4. The van der Waals surface area contributed by atoms with Gasteiger partial charge in [0.2, 0.25) is 5.91 Å². The van der Waals surface area contributed by atoms with Crippen LogP contribution >= 0.6 is 12.4 Å². The van der Waals surface area contributed by atoms with E-state index in [0.717, 1.165) is 10.8 Å². The maximum absolute atomic E-state index is 14.5. The van der Waals surface area contributed by atoms with Crippen molar-refractivity contribution in [2.75, 3.05) is 43.3 Å². The van der Waals surface area contributed by atoms with E-state index in [0.29, 0.717) is 39.5 Å². The summed E-state index contributed by atoms with van der Waals surface area (Å²) in [5.41, 5.74) is 8.80. The first-order chi connectivity index (χ1) is 21.7. The lowest BCUT2D eigenvalue weighted by Gasteiger charge is -2.27. The number of fused-ring (bicyclic) bond motifs is 2. The average molecular weight is 646 g/mol. The highest BCUT2D eigenvalue weighted by molar-refractivity contribution is 6.13. The fourth-order valence-corrected chi connectivity index (χ4v) is 5.39. The molecule has 11 nitrogen and oxygen atoms in total. The van der Waals surface area contributed by atoms with Crippen molar-refractivity contribution < 1.29 is 28.7 Å². The molecule has 3 amide bonds. The molecule has 4 aromatic rings. The number of esters is 1. The van der Waals surface area contributed by atoms with Gasteiger partial charge in [-0.15, -0.1) is 12.4 Å². The quantitative estimate of drug-likeness (QED) is 0.193. The maximum atomic E-state index is 14.5. The Morgan fingerprint density at radius 3 is 2.28 bits per heavy atom. The summed E-state index contributed by atoms with van der Waals surface area (Å²) < 4.78 is 10.6. The van der Waals surface area contributed by atoms with Crippen LogP contribution in [0.25, 0.3) is 10.8 Å².